The summed E-state index contributed by atoms with van der Waals surface area (Å²) in [5.74, 6) is -0.419. The minimum Gasteiger partial charge on any atom is -0.858 e. The van der Waals surface area contributed by atoms with Crippen molar-refractivity contribution in [2.24, 2.45) is 14.1 Å². The number of ether oxygens (including phenoxy) is 1. The summed E-state index contributed by atoms with van der Waals surface area (Å²) in [6.07, 6.45) is 1.27. The van der Waals surface area contributed by atoms with E-state index >= 15 is 0 Å². The van der Waals surface area contributed by atoms with E-state index in [1.54, 1.807) is 38.4 Å². The van der Waals surface area contributed by atoms with Crippen molar-refractivity contribution in [1.29, 1.82) is 0 Å². The molecule has 0 bridgehead atoms. The summed E-state index contributed by atoms with van der Waals surface area (Å²) in [6, 6.07) is 6.98. The van der Waals surface area contributed by atoms with Crippen LogP contribution in [-0.2, 0) is 45.0 Å². The van der Waals surface area contributed by atoms with Gasteiger partial charge in [0.1, 0.15) is 12.0 Å². The van der Waals surface area contributed by atoms with E-state index in [-0.39, 0.29) is 17.5 Å². The van der Waals surface area contributed by atoms with Gasteiger partial charge in [0.15, 0.2) is 5.82 Å². The van der Waals surface area contributed by atoms with Crippen molar-refractivity contribution in [1.82, 2.24) is 24.0 Å². The fraction of sp³-hybridized carbons (Fsp3) is 0.316. The van der Waals surface area contributed by atoms with Crippen molar-refractivity contribution in [3.63, 3.8) is 0 Å². The molecule has 0 saturated heterocycles. The number of hydrogen-bond acceptors (Lipinski definition) is 7. The first-order valence-electron chi connectivity index (χ1n) is 9.08. The Kier molecular flexibility index (Phi) is 6.66. The number of nitrogens with zero attached hydrogens (tertiary/aromatic N) is 5. The third kappa shape index (κ3) is 4.01. The average molecular weight is 598 g/mol. The van der Waals surface area contributed by atoms with Crippen molar-refractivity contribution in [3.05, 3.63) is 52.2 Å². The van der Waals surface area contributed by atoms with Gasteiger partial charge in [-0.05, 0) is 5.88 Å². The third-order valence-corrected chi connectivity index (χ3v) is 6.62. The van der Waals surface area contributed by atoms with Crippen molar-refractivity contribution >= 4 is 11.8 Å². The van der Waals surface area contributed by atoms with E-state index in [4.69, 9.17) is 4.74 Å². The Bertz CT molecular complexity index is 1090. The largest absolute Gasteiger partial charge is 0.858 e. The molecule has 2 amide bonds. The molecule has 1 aromatic carbocycles. The van der Waals surface area contributed by atoms with E-state index in [9.17, 15) is 19.5 Å². The van der Waals surface area contributed by atoms with Gasteiger partial charge in [0.2, 0.25) is 0 Å². The molecule has 0 spiro atoms. The summed E-state index contributed by atoms with van der Waals surface area (Å²) in [7, 11) is 4.61. The van der Waals surface area contributed by atoms with Gasteiger partial charge in [-0.25, -0.2) is 14.8 Å². The number of carbonyl (C=O) groups is 2. The Morgan fingerprint density at radius 3 is 2.23 bits per heavy atom. The first kappa shape index (κ1) is 22.1. The SMILES string of the molecule is COC[CH]([Hg+])CN1C(=O)c2ccccc2C1=O.Cn1c2ncnc-2c([O-])n(C)c1=O. The summed E-state index contributed by atoms with van der Waals surface area (Å²) in [4.78, 5) is 44.4. The molecule has 1 unspecified atom stereocenters. The quantitative estimate of drug-likeness (QED) is 0.305. The molecule has 10 nitrogen and oxygen atoms in total. The monoisotopic (exact) mass is 599 g/mol. The Morgan fingerprint density at radius 2 is 1.67 bits per heavy atom. The maximum Gasteiger partial charge on any atom is 0.328 e. The number of aromatic nitrogens is 4. The molecule has 11 heteroatoms. The van der Waals surface area contributed by atoms with E-state index in [1.165, 1.54) is 22.8 Å². The number of benzene rings is 1. The minimum atomic E-state index is -0.407. The van der Waals surface area contributed by atoms with Crippen LogP contribution < -0.4 is 10.8 Å². The number of imide groups is 1. The molecule has 0 aromatic heterocycles. The Hall–Kier alpha value is -2.59. The van der Waals surface area contributed by atoms with E-state index in [0.717, 1.165) is 4.57 Å². The van der Waals surface area contributed by atoms with Crippen LogP contribution in [0.2, 0.25) is 3.43 Å². The van der Waals surface area contributed by atoms with Gasteiger partial charge in [0, 0.05) is 14.1 Å². The molecule has 3 aliphatic rings. The van der Waals surface area contributed by atoms with Crippen LogP contribution in [0.15, 0.2) is 35.4 Å². The standard InChI is InChI=1S/C12H12NO3.C7H8N4O2.Hg/c1-16-8-4-7-13-11(14)9-5-2-3-6-10(9)12(13)15;1-10-5-4(8-3-9-5)6(12)11(2)7(10)13;/h2-6H,7-8H2,1H3;3,12H,1-2H3;/q;;+1/p-1. The molecule has 0 fully saturated rings. The van der Waals surface area contributed by atoms with Gasteiger partial charge < -0.3 is 9.67 Å². The molecule has 1 aromatic rings. The van der Waals surface area contributed by atoms with E-state index in [2.05, 4.69) is 9.97 Å². The molecule has 4 rings (SSSR count). The summed E-state index contributed by atoms with van der Waals surface area (Å²) in [6.45, 7) is 1.11. The Labute approximate surface area is 188 Å². The molecule has 3 aliphatic heterocycles. The summed E-state index contributed by atoms with van der Waals surface area (Å²) in [5.41, 5.74) is 0.883. The van der Waals surface area contributed by atoms with E-state index in [0.29, 0.717) is 59.7 Å². The van der Waals surface area contributed by atoms with Crippen LogP contribution in [0.3, 0.4) is 0 Å². The average Bonchev–Trinajstić information content (AvgIpc) is 3.32. The molecule has 1 atom stereocenters. The van der Waals surface area contributed by atoms with Crippen molar-refractivity contribution in [2.45, 2.75) is 3.43 Å². The zero-order chi connectivity index (χ0) is 22.0. The van der Waals surface area contributed by atoms with Crippen LogP contribution in [-0.4, -0.2) is 56.1 Å². The second kappa shape index (κ2) is 9.05. The first-order chi connectivity index (χ1) is 14.3. The molecule has 0 aliphatic carbocycles. The van der Waals surface area contributed by atoms with Gasteiger partial charge in [-0.3, -0.25) is 4.57 Å². The van der Waals surface area contributed by atoms with Gasteiger partial charge in [-0.1, -0.05) is 0 Å². The number of amides is 2. The Morgan fingerprint density at radius 1 is 1.07 bits per heavy atom. The molecular weight excluding hydrogens is 579 g/mol. The molecule has 0 radical (unpaired) electrons. The van der Waals surface area contributed by atoms with Gasteiger partial charge in [0.25, 0.3) is 0 Å². The topological polar surface area (TPSA) is 122 Å². The number of carbonyl (C=O) groups excluding carboxylic acids is 2. The fourth-order valence-electron chi connectivity index (χ4n) is 3.17. The molecule has 0 N–H and O–H groups in total. The van der Waals surface area contributed by atoms with E-state index < -0.39 is 11.6 Å². The normalized spacial score (nSPS) is 14.0. The van der Waals surface area contributed by atoms with Gasteiger partial charge in [0.05, 0.1) is 0 Å². The number of rotatable bonds is 4. The predicted octanol–water partition coefficient (Wildman–Crippen LogP) is -0.0435. The van der Waals surface area contributed by atoms with Crippen LogP contribution in [0, 0.1) is 0 Å². The zero-order valence-electron chi connectivity index (χ0n) is 16.9. The van der Waals surface area contributed by atoms with Crippen LogP contribution in [0.4, 0.5) is 0 Å². The summed E-state index contributed by atoms with van der Waals surface area (Å²) >= 11 is 0.473. The smallest absolute Gasteiger partial charge is 0.328 e. The molecule has 30 heavy (non-hydrogen) atoms. The maximum atomic E-state index is 12.0. The van der Waals surface area contributed by atoms with Gasteiger partial charge in [-0.2, -0.15) is 0 Å². The molecule has 152 valence electrons. The first-order valence-corrected chi connectivity index (χ1v) is 12.3. The Balaban J connectivity index is 0.000000177. The van der Waals surface area contributed by atoms with Gasteiger partial charge >= 0.3 is 122 Å². The molecule has 0 saturated carbocycles. The number of hydrogen-bond donors (Lipinski definition) is 0. The van der Waals surface area contributed by atoms with Crippen molar-refractivity contribution < 1.29 is 45.6 Å². The number of methoxy groups -OCH3 is 1. The van der Waals surface area contributed by atoms with Gasteiger partial charge in [-0.15, -0.1) is 0 Å². The third-order valence-electron chi connectivity index (χ3n) is 4.70. The van der Waals surface area contributed by atoms with Crippen LogP contribution >= 0.6 is 0 Å². The molecular formula is C19H19HgN5O5. The van der Waals surface area contributed by atoms with Crippen LogP contribution in [0.25, 0.3) is 11.5 Å². The summed E-state index contributed by atoms with van der Waals surface area (Å²) < 4.78 is 7.70. The van der Waals surface area contributed by atoms with Crippen LogP contribution in [0.5, 0.6) is 5.88 Å². The second-order valence-electron chi connectivity index (χ2n) is 6.84. The van der Waals surface area contributed by atoms with Crippen LogP contribution in [0.1, 0.15) is 20.7 Å². The molecule has 3 heterocycles. The summed E-state index contributed by atoms with van der Waals surface area (Å²) in [5, 5.41) is 11.4. The fourth-order valence-corrected chi connectivity index (χ4v) is 5.09. The zero-order valence-corrected chi connectivity index (χ0v) is 22.4. The number of imidazole rings is 1. The van der Waals surface area contributed by atoms with Crippen molar-refractivity contribution in [2.75, 3.05) is 20.3 Å². The van der Waals surface area contributed by atoms with Crippen molar-refractivity contribution in [3.8, 4) is 17.4 Å². The second-order valence-corrected chi connectivity index (χ2v) is 11.3. The number of fused-ring (bicyclic) bond motifs is 2. The maximum absolute atomic E-state index is 12.0. The minimum absolute atomic E-state index is 0.169. The van der Waals surface area contributed by atoms with E-state index in [1.807, 2.05) is 0 Å². The predicted molar refractivity (Wildman–Crippen MR) is 99.7 cm³/mol.